The van der Waals surface area contributed by atoms with Gasteiger partial charge in [-0.1, -0.05) is 18.2 Å². The molecule has 0 aromatic heterocycles. The van der Waals surface area contributed by atoms with Crippen LogP contribution in [0.1, 0.15) is 6.42 Å². The second-order valence-corrected chi connectivity index (χ2v) is 6.48. The molecule has 3 N–H and O–H groups in total. The minimum absolute atomic E-state index is 0.0193. The lowest BCUT2D eigenvalue weighted by Gasteiger charge is -2.30. The van der Waals surface area contributed by atoms with Gasteiger partial charge in [0.2, 0.25) is 0 Å². The third-order valence-electron chi connectivity index (χ3n) is 4.80. The third-order valence-corrected chi connectivity index (χ3v) is 4.80. The van der Waals surface area contributed by atoms with Crippen LogP contribution in [-0.2, 0) is 9.59 Å². The number of Topliss-reactive ketones (excluding diaryl/α,β-unsaturated/α-hetero) is 1. The lowest BCUT2D eigenvalue weighted by Crippen LogP contribution is -2.41. The molecule has 8 heteroatoms. The molecule has 144 valence electrons. The summed E-state index contributed by atoms with van der Waals surface area (Å²) in [5.74, 6) is -1.45. The number of carbonyl (C=O) groups is 2. The van der Waals surface area contributed by atoms with E-state index in [-0.39, 0.29) is 48.2 Å². The molecule has 0 fully saturated rings. The Morgan fingerprint density at radius 3 is 2.71 bits per heavy atom. The highest BCUT2D eigenvalue weighted by Gasteiger charge is 2.42. The number of aliphatic hydroxyl groups is 1. The number of amides is 1. The van der Waals surface area contributed by atoms with Gasteiger partial charge in [-0.3, -0.25) is 9.59 Å². The number of halogens is 1. The summed E-state index contributed by atoms with van der Waals surface area (Å²) < 4.78 is 13.9. The minimum Gasteiger partial charge on any atom is -0.506 e. The number of anilines is 3. The van der Waals surface area contributed by atoms with Crippen LogP contribution in [0.5, 0.6) is 5.75 Å². The Morgan fingerprint density at radius 1 is 1.18 bits per heavy atom. The molecule has 2 aromatic carbocycles. The van der Waals surface area contributed by atoms with Gasteiger partial charge in [0.1, 0.15) is 28.6 Å². The van der Waals surface area contributed by atoms with Crippen molar-refractivity contribution in [3.05, 3.63) is 59.7 Å². The van der Waals surface area contributed by atoms with Crippen molar-refractivity contribution in [2.75, 3.05) is 34.8 Å². The van der Waals surface area contributed by atoms with E-state index in [0.29, 0.717) is 17.9 Å². The average molecular weight is 383 g/mol. The minimum atomic E-state index is -0.731. The van der Waals surface area contributed by atoms with Crippen LogP contribution >= 0.6 is 0 Å². The molecule has 0 radical (unpaired) electrons. The molecule has 0 aliphatic carbocycles. The Bertz CT molecular complexity index is 1000. The number of carbonyl (C=O) groups excluding carboxylic acids is 2. The molecule has 7 nitrogen and oxygen atoms in total. The number of phenolic OH excluding ortho intramolecular Hbond substituents is 1. The molecule has 2 heterocycles. The zero-order valence-electron chi connectivity index (χ0n) is 14.9. The van der Waals surface area contributed by atoms with Crippen LogP contribution in [0.4, 0.5) is 21.5 Å². The van der Waals surface area contributed by atoms with E-state index in [0.717, 1.165) is 0 Å². The molecule has 0 atom stereocenters. The van der Waals surface area contributed by atoms with E-state index in [1.54, 1.807) is 28.0 Å². The fourth-order valence-electron chi connectivity index (χ4n) is 3.63. The number of rotatable bonds is 4. The molecule has 1 amide bonds. The van der Waals surface area contributed by atoms with Crippen LogP contribution in [0.25, 0.3) is 0 Å². The van der Waals surface area contributed by atoms with Gasteiger partial charge in [0.05, 0.1) is 18.0 Å². The Balaban J connectivity index is 1.83. The smallest absolute Gasteiger partial charge is 0.263 e. The van der Waals surface area contributed by atoms with Gasteiger partial charge in [-0.05, 0) is 24.3 Å². The number of ketones is 1. The topological polar surface area (TPSA) is 93.1 Å². The fourth-order valence-corrected chi connectivity index (χ4v) is 3.63. The van der Waals surface area contributed by atoms with E-state index in [2.05, 4.69) is 5.32 Å². The van der Waals surface area contributed by atoms with E-state index in [1.165, 1.54) is 24.3 Å². The van der Waals surface area contributed by atoms with Crippen molar-refractivity contribution in [3.8, 4) is 5.75 Å². The maximum absolute atomic E-state index is 13.9. The Morgan fingerprint density at radius 2 is 1.96 bits per heavy atom. The van der Waals surface area contributed by atoms with Crippen LogP contribution in [-0.4, -0.2) is 41.6 Å². The number of phenols is 1. The number of β-amino-alcohol motifs (C(OH)–C–C–N with tert-alkyl or cyclic N) is 1. The average Bonchev–Trinajstić information content (AvgIpc) is 2.99. The second kappa shape index (κ2) is 6.97. The number of aromatic hydroxyl groups is 1. The monoisotopic (exact) mass is 383 g/mol. The highest BCUT2D eigenvalue weighted by molar-refractivity contribution is 6.26. The summed E-state index contributed by atoms with van der Waals surface area (Å²) in [6.07, 6.45) is 0.103. The Labute approximate surface area is 160 Å². The van der Waals surface area contributed by atoms with Crippen LogP contribution in [0.15, 0.2) is 53.9 Å². The first-order chi connectivity index (χ1) is 13.5. The fraction of sp³-hybridized carbons (Fsp3) is 0.200. The summed E-state index contributed by atoms with van der Waals surface area (Å²) in [5, 5.41) is 22.3. The van der Waals surface area contributed by atoms with E-state index in [9.17, 15) is 24.2 Å². The predicted molar refractivity (Wildman–Crippen MR) is 102 cm³/mol. The van der Waals surface area contributed by atoms with Crippen LogP contribution in [0.3, 0.4) is 0 Å². The lowest BCUT2D eigenvalue weighted by atomic mass is 10.0. The van der Waals surface area contributed by atoms with Crippen molar-refractivity contribution >= 4 is 28.8 Å². The van der Waals surface area contributed by atoms with Crippen LogP contribution < -0.4 is 15.1 Å². The number of para-hydroxylation sites is 2. The highest BCUT2D eigenvalue weighted by atomic mass is 19.1. The SMILES string of the molecule is O=C1CCN2C(=C1C(=O)Nc1ccccc1F)N(CCO)c1c(O)cccc12. The maximum Gasteiger partial charge on any atom is 0.263 e. The van der Waals surface area contributed by atoms with Gasteiger partial charge < -0.3 is 25.3 Å². The molecular weight excluding hydrogens is 365 g/mol. The highest BCUT2D eigenvalue weighted by Crippen LogP contribution is 2.49. The van der Waals surface area contributed by atoms with Gasteiger partial charge in [-0.2, -0.15) is 0 Å². The van der Waals surface area contributed by atoms with Crippen molar-refractivity contribution in [1.82, 2.24) is 0 Å². The molecule has 0 spiro atoms. The van der Waals surface area contributed by atoms with Gasteiger partial charge in [0, 0.05) is 19.5 Å². The predicted octanol–water partition coefficient (Wildman–Crippen LogP) is 1.97. The van der Waals surface area contributed by atoms with Gasteiger partial charge in [0.25, 0.3) is 5.91 Å². The van der Waals surface area contributed by atoms with Crippen molar-refractivity contribution in [2.24, 2.45) is 0 Å². The summed E-state index contributed by atoms with van der Waals surface area (Å²) >= 11 is 0. The number of nitrogens with one attached hydrogen (secondary N) is 1. The van der Waals surface area contributed by atoms with Crippen molar-refractivity contribution in [1.29, 1.82) is 0 Å². The Hall–Kier alpha value is -3.39. The summed E-state index contributed by atoms with van der Waals surface area (Å²) in [7, 11) is 0. The van der Waals surface area contributed by atoms with Crippen molar-refractivity contribution < 1.29 is 24.2 Å². The number of nitrogens with zero attached hydrogens (tertiary/aromatic N) is 2. The molecule has 2 aliphatic heterocycles. The van der Waals surface area contributed by atoms with E-state index in [4.69, 9.17) is 0 Å². The first-order valence-corrected chi connectivity index (χ1v) is 8.84. The van der Waals surface area contributed by atoms with E-state index in [1.807, 2.05) is 0 Å². The largest absolute Gasteiger partial charge is 0.506 e. The van der Waals surface area contributed by atoms with Crippen molar-refractivity contribution in [2.45, 2.75) is 6.42 Å². The van der Waals surface area contributed by atoms with Gasteiger partial charge in [-0.15, -0.1) is 0 Å². The van der Waals surface area contributed by atoms with Crippen molar-refractivity contribution in [3.63, 3.8) is 0 Å². The zero-order valence-corrected chi connectivity index (χ0v) is 14.9. The molecule has 28 heavy (non-hydrogen) atoms. The second-order valence-electron chi connectivity index (χ2n) is 6.48. The standard InChI is InChI=1S/C20H18FN3O4/c21-12-4-1-2-5-13(12)22-19(28)17-15(26)8-9-23-14-6-3-7-16(27)18(14)24(10-11-25)20(17)23/h1-7,25,27H,8-11H2,(H,22,28). The molecule has 0 saturated carbocycles. The quantitative estimate of drug-likeness (QED) is 0.699. The summed E-state index contributed by atoms with van der Waals surface area (Å²) in [4.78, 5) is 28.9. The zero-order chi connectivity index (χ0) is 19.8. The van der Waals surface area contributed by atoms with Gasteiger partial charge >= 0.3 is 0 Å². The van der Waals surface area contributed by atoms with E-state index < -0.39 is 11.7 Å². The van der Waals surface area contributed by atoms with Gasteiger partial charge in [-0.25, -0.2) is 4.39 Å². The Kier molecular flexibility index (Phi) is 4.48. The third kappa shape index (κ3) is 2.78. The maximum atomic E-state index is 13.9. The molecule has 2 aromatic rings. The van der Waals surface area contributed by atoms with E-state index >= 15 is 0 Å². The number of aliphatic hydroxyl groups excluding tert-OH is 1. The normalized spacial score (nSPS) is 15.6. The summed E-state index contributed by atoms with van der Waals surface area (Å²) in [5.41, 5.74) is 0.917. The first-order valence-electron chi connectivity index (χ1n) is 8.84. The first kappa shape index (κ1) is 18.0. The number of benzene rings is 2. The van der Waals surface area contributed by atoms with Crippen LogP contribution in [0, 0.1) is 5.82 Å². The molecular formula is C20H18FN3O4. The molecule has 0 bridgehead atoms. The summed E-state index contributed by atoms with van der Waals surface area (Å²) in [6, 6.07) is 10.6. The molecule has 2 aliphatic rings. The number of fused-ring (bicyclic) bond motifs is 3. The molecule has 4 rings (SSSR count). The molecule has 0 unspecified atom stereocenters. The summed E-state index contributed by atoms with van der Waals surface area (Å²) in [6.45, 7) is 0.171. The number of hydrogen-bond acceptors (Lipinski definition) is 6. The van der Waals surface area contributed by atoms with Crippen LogP contribution in [0.2, 0.25) is 0 Å². The lowest BCUT2D eigenvalue weighted by molar-refractivity contribution is -0.120. The van der Waals surface area contributed by atoms with Gasteiger partial charge in [0.15, 0.2) is 5.78 Å². The number of hydrogen-bond donors (Lipinski definition) is 3. The molecule has 0 saturated heterocycles.